The zero-order valence-electron chi connectivity index (χ0n) is 14.4. The Morgan fingerprint density at radius 2 is 1.84 bits per heavy atom. The average molecular weight is 335 g/mol. The number of rotatable bonds is 6. The van der Waals surface area contributed by atoms with Gasteiger partial charge in [0.25, 0.3) is 0 Å². The first-order valence-electron chi connectivity index (χ1n) is 8.94. The van der Waals surface area contributed by atoms with Gasteiger partial charge >= 0.3 is 0 Å². The van der Waals surface area contributed by atoms with E-state index in [2.05, 4.69) is 29.6 Å². The lowest BCUT2D eigenvalue weighted by molar-refractivity contribution is 0.1000. The van der Waals surface area contributed by atoms with Crippen LogP contribution < -0.4 is 11.1 Å². The predicted octanol–water partition coefficient (Wildman–Crippen LogP) is 4.44. The van der Waals surface area contributed by atoms with Gasteiger partial charge in [-0.3, -0.25) is 4.79 Å². The topological polar surface area (TPSA) is 79.0 Å². The van der Waals surface area contributed by atoms with Gasteiger partial charge in [0.1, 0.15) is 0 Å². The molecule has 2 aromatic carbocycles. The molecule has 25 heavy (non-hydrogen) atoms. The summed E-state index contributed by atoms with van der Waals surface area (Å²) in [6.45, 7) is 0.707. The summed E-state index contributed by atoms with van der Waals surface area (Å²) in [6.07, 6.45) is 7.87. The highest BCUT2D eigenvalue weighted by molar-refractivity contribution is 6.01. The lowest BCUT2D eigenvalue weighted by Gasteiger charge is -2.22. The van der Waals surface area contributed by atoms with Gasteiger partial charge < -0.3 is 16.5 Å². The van der Waals surface area contributed by atoms with Gasteiger partial charge in [0.15, 0.2) is 0 Å². The predicted molar refractivity (Wildman–Crippen MR) is 102 cm³/mol. The van der Waals surface area contributed by atoms with E-state index in [-0.39, 0.29) is 0 Å². The number of amides is 1. The van der Waals surface area contributed by atoms with Crippen molar-refractivity contribution >= 4 is 17.8 Å². The molecule has 1 fully saturated rings. The molecule has 0 unspecified atom stereocenters. The van der Waals surface area contributed by atoms with Crippen molar-refractivity contribution in [3.63, 3.8) is 0 Å². The van der Waals surface area contributed by atoms with Gasteiger partial charge in [-0.05, 0) is 48.1 Å². The zero-order chi connectivity index (χ0) is 17.6. The number of carbonyl (C=O) groups excluding carboxylic acids is 1. The molecular formula is C21H25N3O. The molecule has 0 bridgehead atoms. The maximum absolute atomic E-state index is 11.3. The largest absolute Gasteiger partial charge is 0.381 e. The molecule has 1 aliphatic rings. The molecular weight excluding hydrogens is 310 g/mol. The van der Waals surface area contributed by atoms with Crippen LogP contribution >= 0.6 is 0 Å². The number of benzene rings is 2. The van der Waals surface area contributed by atoms with E-state index in [1.165, 1.54) is 43.2 Å². The first-order valence-corrected chi connectivity index (χ1v) is 8.94. The summed E-state index contributed by atoms with van der Waals surface area (Å²) in [5, 5.41) is 10.8. The van der Waals surface area contributed by atoms with Crippen LogP contribution in [0, 0.1) is 5.41 Å². The highest BCUT2D eigenvalue weighted by atomic mass is 16.1. The Balaban J connectivity index is 1.63. The van der Waals surface area contributed by atoms with Crippen LogP contribution in [0.3, 0.4) is 0 Å². The minimum atomic E-state index is -0.511. The fourth-order valence-corrected chi connectivity index (χ4v) is 3.56. The maximum Gasteiger partial charge on any atom is 0.249 e. The molecule has 0 saturated heterocycles. The highest BCUT2D eigenvalue weighted by Gasteiger charge is 2.15. The van der Waals surface area contributed by atoms with Crippen molar-refractivity contribution in [1.82, 2.24) is 0 Å². The van der Waals surface area contributed by atoms with Gasteiger partial charge in [-0.1, -0.05) is 43.5 Å². The molecule has 0 spiro atoms. The van der Waals surface area contributed by atoms with E-state index in [1.54, 1.807) is 12.1 Å². The van der Waals surface area contributed by atoms with Crippen LogP contribution in [0.1, 0.15) is 65.1 Å². The molecule has 2 aromatic rings. The minimum Gasteiger partial charge on any atom is -0.381 e. The molecule has 1 aliphatic carbocycles. The summed E-state index contributed by atoms with van der Waals surface area (Å²) < 4.78 is 0. The van der Waals surface area contributed by atoms with Crippen molar-refractivity contribution in [3.8, 4) is 0 Å². The summed E-state index contributed by atoms with van der Waals surface area (Å²) in [4.78, 5) is 11.3. The second-order valence-corrected chi connectivity index (χ2v) is 6.74. The second kappa shape index (κ2) is 7.97. The number of nitrogens with one attached hydrogen (secondary N) is 2. The van der Waals surface area contributed by atoms with E-state index in [1.807, 2.05) is 6.07 Å². The van der Waals surface area contributed by atoms with E-state index in [0.717, 1.165) is 17.8 Å². The Bertz CT molecular complexity index is 746. The highest BCUT2D eigenvalue weighted by Crippen LogP contribution is 2.32. The third kappa shape index (κ3) is 4.27. The molecule has 1 amide bonds. The minimum absolute atomic E-state index is 0.373. The fraction of sp³-hybridized carbons (Fsp3) is 0.333. The van der Waals surface area contributed by atoms with Crippen molar-refractivity contribution < 1.29 is 4.79 Å². The molecule has 0 aromatic heterocycles. The van der Waals surface area contributed by atoms with Gasteiger partial charge in [0.05, 0.1) is 0 Å². The van der Waals surface area contributed by atoms with Crippen LogP contribution in [0.4, 0.5) is 5.69 Å². The second-order valence-electron chi connectivity index (χ2n) is 6.74. The van der Waals surface area contributed by atoms with E-state index in [0.29, 0.717) is 17.7 Å². The molecule has 0 atom stereocenters. The van der Waals surface area contributed by atoms with E-state index in [4.69, 9.17) is 11.1 Å². The van der Waals surface area contributed by atoms with Gasteiger partial charge in [0.2, 0.25) is 5.91 Å². The summed E-state index contributed by atoms with van der Waals surface area (Å²) in [5.41, 5.74) is 9.77. The monoisotopic (exact) mass is 335 g/mol. The number of nitrogens with two attached hydrogens (primary N) is 1. The van der Waals surface area contributed by atoms with E-state index >= 15 is 0 Å². The summed E-state index contributed by atoms with van der Waals surface area (Å²) >= 11 is 0. The average Bonchev–Trinajstić information content (AvgIpc) is 2.67. The molecule has 1 saturated carbocycles. The molecule has 0 radical (unpaired) electrons. The van der Waals surface area contributed by atoms with Crippen LogP contribution in [0.5, 0.6) is 0 Å². The Morgan fingerprint density at radius 3 is 2.48 bits per heavy atom. The van der Waals surface area contributed by atoms with Crippen LogP contribution in [-0.2, 0) is 6.54 Å². The van der Waals surface area contributed by atoms with Crippen LogP contribution in [-0.4, -0.2) is 12.1 Å². The molecule has 4 nitrogen and oxygen atoms in total. The summed E-state index contributed by atoms with van der Waals surface area (Å²) in [6, 6.07) is 14.2. The van der Waals surface area contributed by atoms with Gasteiger partial charge in [-0.25, -0.2) is 0 Å². The first kappa shape index (κ1) is 17.2. The van der Waals surface area contributed by atoms with Crippen LogP contribution in [0.25, 0.3) is 0 Å². The molecule has 130 valence electrons. The first-order chi connectivity index (χ1) is 12.2. The molecule has 3 rings (SSSR count). The lowest BCUT2D eigenvalue weighted by atomic mass is 9.84. The van der Waals surface area contributed by atoms with Crippen molar-refractivity contribution in [1.29, 1.82) is 5.41 Å². The number of hydrogen-bond acceptors (Lipinski definition) is 3. The SMILES string of the molecule is N=Cc1cc(NCc2ccc(C3CCCCC3)cc2)ccc1C(N)=O. The Morgan fingerprint density at radius 1 is 1.12 bits per heavy atom. The molecule has 0 heterocycles. The Hall–Kier alpha value is -2.62. The van der Waals surface area contributed by atoms with E-state index in [9.17, 15) is 4.79 Å². The van der Waals surface area contributed by atoms with Crippen molar-refractivity contribution in [3.05, 3.63) is 64.7 Å². The number of hydrogen-bond donors (Lipinski definition) is 3. The lowest BCUT2D eigenvalue weighted by Crippen LogP contribution is -2.14. The van der Waals surface area contributed by atoms with Crippen molar-refractivity contribution in [2.24, 2.45) is 5.73 Å². The molecule has 4 heteroatoms. The van der Waals surface area contributed by atoms with Gasteiger partial charge in [0, 0.05) is 29.6 Å². The summed E-state index contributed by atoms with van der Waals surface area (Å²) in [5.74, 6) is 0.218. The smallest absolute Gasteiger partial charge is 0.249 e. The number of anilines is 1. The van der Waals surface area contributed by atoms with Crippen molar-refractivity contribution in [2.75, 3.05) is 5.32 Å². The molecule has 4 N–H and O–H groups in total. The van der Waals surface area contributed by atoms with Crippen LogP contribution in [0.2, 0.25) is 0 Å². The maximum atomic E-state index is 11.3. The van der Waals surface area contributed by atoms with Gasteiger partial charge in [-0.2, -0.15) is 0 Å². The standard InChI is InChI=1S/C21H25N3O/c22-13-18-12-19(10-11-20(18)21(23)25)24-14-15-6-8-17(9-7-15)16-4-2-1-3-5-16/h6-13,16,22,24H,1-5,14H2,(H2,23,25). The zero-order valence-corrected chi connectivity index (χ0v) is 14.4. The Labute approximate surface area is 149 Å². The normalized spacial score (nSPS) is 14.9. The summed E-state index contributed by atoms with van der Waals surface area (Å²) in [7, 11) is 0. The third-order valence-electron chi connectivity index (χ3n) is 5.03. The third-order valence-corrected chi connectivity index (χ3v) is 5.03. The number of carbonyl (C=O) groups is 1. The van der Waals surface area contributed by atoms with Crippen molar-refractivity contribution in [2.45, 2.75) is 44.6 Å². The van der Waals surface area contributed by atoms with E-state index < -0.39 is 5.91 Å². The quantitative estimate of drug-likeness (QED) is 0.682. The fourth-order valence-electron chi connectivity index (χ4n) is 3.56. The molecule has 0 aliphatic heterocycles. The van der Waals surface area contributed by atoms with Crippen LogP contribution in [0.15, 0.2) is 42.5 Å². The number of primary amides is 1. The Kier molecular flexibility index (Phi) is 5.49. The van der Waals surface area contributed by atoms with Gasteiger partial charge in [-0.15, -0.1) is 0 Å².